The molecule has 0 fully saturated rings. The molecular weight excluding hydrogens is 291 g/mol. The van der Waals surface area contributed by atoms with E-state index < -0.39 is 6.10 Å². The second-order valence-corrected chi connectivity index (χ2v) is 5.55. The van der Waals surface area contributed by atoms with E-state index in [0.29, 0.717) is 18.5 Å². The Bertz CT molecular complexity index is 797. The number of nitrogens with zero attached hydrogens (tertiary/aromatic N) is 2. The molecule has 0 radical (unpaired) electrons. The highest BCUT2D eigenvalue weighted by atomic mass is 19.1. The van der Waals surface area contributed by atoms with E-state index >= 15 is 0 Å². The van der Waals surface area contributed by atoms with Crippen molar-refractivity contribution in [1.29, 1.82) is 0 Å². The molecule has 0 unspecified atom stereocenters. The van der Waals surface area contributed by atoms with Gasteiger partial charge in [0.05, 0.1) is 18.3 Å². The van der Waals surface area contributed by atoms with Crippen LogP contribution in [0.1, 0.15) is 13.3 Å². The molecule has 0 aliphatic heterocycles. The lowest BCUT2D eigenvalue weighted by atomic mass is 10.0. The third-order valence-corrected chi connectivity index (χ3v) is 3.85. The second-order valence-electron chi connectivity index (χ2n) is 5.55. The Morgan fingerprint density at radius 1 is 1.09 bits per heavy atom. The third-order valence-electron chi connectivity index (χ3n) is 3.85. The van der Waals surface area contributed by atoms with Crippen molar-refractivity contribution in [2.45, 2.75) is 26.0 Å². The number of hydrogen-bond acceptors (Lipinski definition) is 2. The van der Waals surface area contributed by atoms with Gasteiger partial charge in [0, 0.05) is 17.3 Å². The molecule has 2 aromatic carbocycles. The van der Waals surface area contributed by atoms with Crippen molar-refractivity contribution < 1.29 is 9.50 Å². The van der Waals surface area contributed by atoms with Crippen LogP contribution in [0.4, 0.5) is 4.39 Å². The van der Waals surface area contributed by atoms with Gasteiger partial charge in [-0.25, -0.2) is 4.39 Å². The maximum Gasteiger partial charge on any atom is 0.131 e. The van der Waals surface area contributed by atoms with Gasteiger partial charge in [-0.05, 0) is 30.2 Å². The van der Waals surface area contributed by atoms with Gasteiger partial charge >= 0.3 is 0 Å². The van der Waals surface area contributed by atoms with Crippen LogP contribution in [0.5, 0.6) is 0 Å². The maximum atomic E-state index is 13.9. The molecule has 3 rings (SSSR count). The highest BCUT2D eigenvalue weighted by molar-refractivity contribution is 5.71. The van der Waals surface area contributed by atoms with E-state index in [1.165, 1.54) is 6.07 Å². The van der Waals surface area contributed by atoms with Crippen molar-refractivity contribution >= 4 is 0 Å². The highest BCUT2D eigenvalue weighted by Gasteiger charge is 2.09. The zero-order valence-corrected chi connectivity index (χ0v) is 13.0. The van der Waals surface area contributed by atoms with Crippen LogP contribution in [0.3, 0.4) is 0 Å². The smallest absolute Gasteiger partial charge is 0.131 e. The number of aromatic nitrogens is 2. The zero-order chi connectivity index (χ0) is 16.2. The number of aliphatic hydroxyl groups excluding tert-OH is 1. The molecule has 1 heterocycles. The van der Waals surface area contributed by atoms with Crippen LogP contribution < -0.4 is 0 Å². The molecule has 0 bridgehead atoms. The molecule has 0 saturated carbocycles. The maximum absolute atomic E-state index is 13.9. The van der Waals surface area contributed by atoms with Crippen LogP contribution in [0.15, 0.2) is 60.8 Å². The summed E-state index contributed by atoms with van der Waals surface area (Å²) in [5, 5.41) is 14.2. The van der Waals surface area contributed by atoms with E-state index in [4.69, 9.17) is 0 Å². The molecule has 0 saturated heterocycles. The van der Waals surface area contributed by atoms with E-state index in [-0.39, 0.29) is 5.82 Å². The molecule has 0 spiro atoms. The Balaban J connectivity index is 1.90. The average Bonchev–Trinajstić information content (AvgIpc) is 3.04. The summed E-state index contributed by atoms with van der Waals surface area (Å²) >= 11 is 0. The van der Waals surface area contributed by atoms with Crippen molar-refractivity contribution in [3.8, 4) is 22.4 Å². The summed E-state index contributed by atoms with van der Waals surface area (Å²) in [6.07, 6.45) is 2.15. The quantitative estimate of drug-likeness (QED) is 0.769. The minimum absolute atomic E-state index is 0.235. The minimum Gasteiger partial charge on any atom is -0.391 e. The molecule has 1 atom stereocenters. The Labute approximate surface area is 135 Å². The van der Waals surface area contributed by atoms with Crippen LogP contribution in [0.25, 0.3) is 22.4 Å². The third kappa shape index (κ3) is 3.48. The van der Waals surface area contributed by atoms with E-state index in [2.05, 4.69) is 5.10 Å². The summed E-state index contributed by atoms with van der Waals surface area (Å²) in [5.74, 6) is -0.235. The molecule has 23 heavy (non-hydrogen) atoms. The summed E-state index contributed by atoms with van der Waals surface area (Å²) in [7, 11) is 0. The molecule has 0 aliphatic carbocycles. The molecular formula is C19H19FN2O. The summed E-state index contributed by atoms with van der Waals surface area (Å²) < 4.78 is 15.7. The lowest BCUT2D eigenvalue weighted by Gasteiger charge is -2.07. The topological polar surface area (TPSA) is 38.0 Å². The Morgan fingerprint density at radius 2 is 1.87 bits per heavy atom. The first kappa shape index (κ1) is 15.4. The fraction of sp³-hybridized carbons (Fsp3) is 0.211. The van der Waals surface area contributed by atoms with Crippen LogP contribution in [0, 0.1) is 5.82 Å². The van der Waals surface area contributed by atoms with Gasteiger partial charge in [0.15, 0.2) is 0 Å². The standard InChI is InChI=1S/C19H19FN2O/c1-2-16(23)13-22-11-10-19(21-22)15-7-5-6-14(12-15)17-8-3-4-9-18(17)20/h3-12,16,23H,2,13H2,1H3/t16-/m1/s1. The van der Waals surface area contributed by atoms with Gasteiger partial charge < -0.3 is 5.11 Å². The van der Waals surface area contributed by atoms with Crippen molar-refractivity contribution in [2.75, 3.05) is 0 Å². The lowest BCUT2D eigenvalue weighted by Crippen LogP contribution is -2.14. The number of hydrogen-bond donors (Lipinski definition) is 1. The summed E-state index contributed by atoms with van der Waals surface area (Å²) in [5.41, 5.74) is 3.14. The molecule has 1 aromatic heterocycles. The van der Waals surface area contributed by atoms with Gasteiger partial charge in [-0.1, -0.05) is 43.3 Å². The van der Waals surface area contributed by atoms with Crippen LogP contribution in [-0.4, -0.2) is 21.0 Å². The van der Waals surface area contributed by atoms with Crippen LogP contribution >= 0.6 is 0 Å². The summed E-state index contributed by atoms with van der Waals surface area (Å²) in [6.45, 7) is 2.41. The molecule has 0 amide bonds. The van der Waals surface area contributed by atoms with Crippen LogP contribution in [-0.2, 0) is 6.54 Å². The number of benzene rings is 2. The second kappa shape index (κ2) is 6.75. The monoisotopic (exact) mass is 310 g/mol. The van der Waals surface area contributed by atoms with Gasteiger partial charge in [0.2, 0.25) is 0 Å². The summed E-state index contributed by atoms with van der Waals surface area (Å²) in [4.78, 5) is 0. The fourth-order valence-corrected chi connectivity index (χ4v) is 2.50. The van der Waals surface area contributed by atoms with Gasteiger partial charge in [-0.2, -0.15) is 5.10 Å². The van der Waals surface area contributed by atoms with Crippen molar-refractivity contribution in [1.82, 2.24) is 9.78 Å². The predicted molar refractivity (Wildman–Crippen MR) is 89.4 cm³/mol. The Morgan fingerprint density at radius 3 is 2.65 bits per heavy atom. The van der Waals surface area contributed by atoms with Crippen LogP contribution in [0.2, 0.25) is 0 Å². The van der Waals surface area contributed by atoms with E-state index in [9.17, 15) is 9.50 Å². The Hall–Kier alpha value is -2.46. The number of aliphatic hydroxyl groups is 1. The molecule has 1 N–H and O–H groups in total. The van der Waals surface area contributed by atoms with Crippen molar-refractivity contribution in [3.05, 3.63) is 66.6 Å². The molecule has 4 heteroatoms. The normalized spacial score (nSPS) is 12.3. The summed E-state index contributed by atoms with van der Waals surface area (Å²) in [6, 6.07) is 16.3. The Kier molecular flexibility index (Phi) is 4.53. The highest BCUT2D eigenvalue weighted by Crippen LogP contribution is 2.27. The van der Waals surface area contributed by atoms with Gasteiger partial charge in [-0.3, -0.25) is 4.68 Å². The average molecular weight is 310 g/mol. The fourth-order valence-electron chi connectivity index (χ4n) is 2.50. The largest absolute Gasteiger partial charge is 0.391 e. The van der Waals surface area contributed by atoms with Crippen molar-refractivity contribution in [3.63, 3.8) is 0 Å². The molecule has 0 aliphatic rings. The van der Waals surface area contributed by atoms with Gasteiger partial charge in [-0.15, -0.1) is 0 Å². The first-order valence-corrected chi connectivity index (χ1v) is 7.74. The molecule has 118 valence electrons. The molecule has 3 aromatic rings. The van der Waals surface area contributed by atoms with E-state index in [1.54, 1.807) is 16.8 Å². The zero-order valence-electron chi connectivity index (χ0n) is 13.0. The van der Waals surface area contributed by atoms with E-state index in [1.807, 2.05) is 49.5 Å². The van der Waals surface area contributed by atoms with Crippen molar-refractivity contribution in [2.24, 2.45) is 0 Å². The molecule has 3 nitrogen and oxygen atoms in total. The van der Waals surface area contributed by atoms with Gasteiger partial charge in [0.25, 0.3) is 0 Å². The SMILES string of the molecule is CC[C@@H](O)Cn1ccc(-c2cccc(-c3ccccc3F)c2)n1. The minimum atomic E-state index is -0.396. The number of rotatable bonds is 5. The van der Waals surface area contributed by atoms with Gasteiger partial charge in [0.1, 0.15) is 5.82 Å². The first-order chi connectivity index (χ1) is 11.2. The van der Waals surface area contributed by atoms with E-state index in [0.717, 1.165) is 16.8 Å². The number of halogens is 1. The lowest BCUT2D eigenvalue weighted by molar-refractivity contribution is 0.145. The predicted octanol–water partition coefficient (Wildman–Crippen LogP) is 4.13. The first-order valence-electron chi connectivity index (χ1n) is 7.74.